The minimum Gasteiger partial charge on any atom is -0.347 e. The Kier molecular flexibility index (Phi) is 3.32. The van der Waals surface area contributed by atoms with Crippen LogP contribution in [0.1, 0.15) is 12.5 Å². The number of hydrogen-bond donors (Lipinski definition) is 0. The summed E-state index contributed by atoms with van der Waals surface area (Å²) >= 11 is 0. The van der Waals surface area contributed by atoms with E-state index in [-0.39, 0.29) is 5.82 Å². The summed E-state index contributed by atoms with van der Waals surface area (Å²) in [6.45, 7) is 4.59. The largest absolute Gasteiger partial charge is 0.347 e. The third-order valence-corrected chi connectivity index (χ3v) is 2.65. The standard InChI is InChI=1S/C13H17FN4/c1-5-18-13(17(3)4)15-12(16-18)10-6-9(2)7-11(14)8-10/h6-8H,5H2,1-4H3. The molecule has 0 saturated heterocycles. The molecule has 0 atom stereocenters. The summed E-state index contributed by atoms with van der Waals surface area (Å²) < 4.78 is 15.2. The lowest BCUT2D eigenvalue weighted by Gasteiger charge is -2.10. The van der Waals surface area contributed by atoms with Crippen LogP contribution in [0.5, 0.6) is 0 Å². The molecule has 18 heavy (non-hydrogen) atoms. The van der Waals surface area contributed by atoms with Crippen molar-refractivity contribution >= 4 is 5.95 Å². The molecule has 0 aliphatic carbocycles. The highest BCUT2D eigenvalue weighted by Crippen LogP contribution is 2.21. The van der Waals surface area contributed by atoms with Gasteiger partial charge in [0.05, 0.1) is 0 Å². The number of benzene rings is 1. The molecule has 0 spiro atoms. The molecule has 4 nitrogen and oxygen atoms in total. The van der Waals surface area contributed by atoms with Crippen LogP contribution >= 0.6 is 0 Å². The number of aryl methyl sites for hydroxylation is 2. The minimum absolute atomic E-state index is 0.260. The second-order valence-electron chi connectivity index (χ2n) is 4.46. The first kappa shape index (κ1) is 12.5. The highest BCUT2D eigenvalue weighted by Gasteiger charge is 2.12. The van der Waals surface area contributed by atoms with Crippen molar-refractivity contribution in [3.8, 4) is 11.4 Å². The highest BCUT2D eigenvalue weighted by atomic mass is 19.1. The van der Waals surface area contributed by atoms with Crippen LogP contribution in [0.4, 0.5) is 10.3 Å². The van der Waals surface area contributed by atoms with E-state index >= 15 is 0 Å². The first-order chi connectivity index (χ1) is 8.51. The van der Waals surface area contributed by atoms with Crippen LogP contribution in [0.2, 0.25) is 0 Å². The molecule has 0 fully saturated rings. The maximum Gasteiger partial charge on any atom is 0.223 e. The Bertz CT molecular complexity index is 540. The van der Waals surface area contributed by atoms with Crippen LogP contribution in [0.3, 0.4) is 0 Å². The van der Waals surface area contributed by atoms with Gasteiger partial charge in [-0.05, 0) is 37.6 Å². The normalized spacial score (nSPS) is 10.7. The molecular weight excluding hydrogens is 231 g/mol. The van der Waals surface area contributed by atoms with Crippen molar-refractivity contribution in [1.29, 1.82) is 0 Å². The Morgan fingerprint density at radius 1 is 1.28 bits per heavy atom. The summed E-state index contributed by atoms with van der Waals surface area (Å²) in [6.07, 6.45) is 0. The lowest BCUT2D eigenvalue weighted by atomic mass is 10.1. The molecule has 0 radical (unpaired) electrons. The third kappa shape index (κ3) is 2.34. The SMILES string of the molecule is CCn1nc(-c2cc(C)cc(F)c2)nc1N(C)C. The van der Waals surface area contributed by atoms with Gasteiger partial charge in [0.1, 0.15) is 5.82 Å². The summed E-state index contributed by atoms with van der Waals surface area (Å²) in [5.41, 5.74) is 1.58. The highest BCUT2D eigenvalue weighted by molar-refractivity contribution is 5.57. The van der Waals surface area contributed by atoms with Gasteiger partial charge in [0, 0.05) is 26.2 Å². The van der Waals surface area contributed by atoms with Gasteiger partial charge in [-0.15, -0.1) is 5.10 Å². The first-order valence-corrected chi connectivity index (χ1v) is 5.91. The van der Waals surface area contributed by atoms with Crippen LogP contribution in [0.15, 0.2) is 18.2 Å². The number of halogens is 1. The van der Waals surface area contributed by atoms with Gasteiger partial charge in [-0.25, -0.2) is 9.07 Å². The summed E-state index contributed by atoms with van der Waals surface area (Å²) in [5.74, 6) is 1.07. The van der Waals surface area contributed by atoms with Crippen LogP contribution in [0.25, 0.3) is 11.4 Å². The van der Waals surface area contributed by atoms with Crippen LogP contribution in [-0.4, -0.2) is 28.9 Å². The fourth-order valence-electron chi connectivity index (χ4n) is 1.86. The molecule has 1 aromatic heterocycles. The van der Waals surface area contributed by atoms with Crippen molar-refractivity contribution in [3.63, 3.8) is 0 Å². The molecule has 2 aromatic rings. The van der Waals surface area contributed by atoms with Crippen molar-refractivity contribution in [3.05, 3.63) is 29.6 Å². The van der Waals surface area contributed by atoms with Gasteiger partial charge < -0.3 is 4.90 Å². The van der Waals surface area contributed by atoms with Crippen LogP contribution < -0.4 is 4.90 Å². The van der Waals surface area contributed by atoms with Crippen LogP contribution in [0, 0.1) is 12.7 Å². The molecule has 1 heterocycles. The van der Waals surface area contributed by atoms with Crippen molar-refractivity contribution in [2.45, 2.75) is 20.4 Å². The zero-order valence-corrected chi connectivity index (χ0v) is 11.1. The Morgan fingerprint density at radius 3 is 2.50 bits per heavy atom. The van der Waals surface area contributed by atoms with E-state index in [1.807, 2.05) is 38.9 Å². The van der Waals surface area contributed by atoms with E-state index in [9.17, 15) is 4.39 Å². The second-order valence-corrected chi connectivity index (χ2v) is 4.46. The molecule has 0 aliphatic rings. The van der Waals surface area contributed by atoms with Crippen molar-refractivity contribution < 1.29 is 4.39 Å². The molecule has 2 rings (SSSR count). The predicted octanol–water partition coefficient (Wildman–Crippen LogP) is 2.48. The number of anilines is 1. The predicted molar refractivity (Wildman–Crippen MR) is 70.2 cm³/mol. The zero-order chi connectivity index (χ0) is 13.3. The first-order valence-electron chi connectivity index (χ1n) is 5.91. The molecule has 0 bridgehead atoms. The Hall–Kier alpha value is -1.91. The van der Waals surface area contributed by atoms with Gasteiger partial charge in [-0.1, -0.05) is 0 Å². The van der Waals surface area contributed by atoms with E-state index in [1.165, 1.54) is 12.1 Å². The number of aromatic nitrogens is 3. The average Bonchev–Trinajstić information content (AvgIpc) is 2.71. The van der Waals surface area contributed by atoms with Gasteiger partial charge in [-0.3, -0.25) is 0 Å². The Balaban J connectivity index is 2.50. The minimum atomic E-state index is -0.260. The summed E-state index contributed by atoms with van der Waals surface area (Å²) in [4.78, 5) is 6.34. The smallest absolute Gasteiger partial charge is 0.223 e. The zero-order valence-electron chi connectivity index (χ0n) is 11.1. The second kappa shape index (κ2) is 4.76. The van der Waals surface area contributed by atoms with E-state index in [0.717, 1.165) is 18.1 Å². The topological polar surface area (TPSA) is 34.0 Å². The summed E-state index contributed by atoms with van der Waals surface area (Å²) in [5, 5.41) is 4.40. The summed E-state index contributed by atoms with van der Waals surface area (Å²) in [6, 6.07) is 4.84. The number of hydrogen-bond acceptors (Lipinski definition) is 3. The van der Waals surface area contributed by atoms with E-state index in [1.54, 1.807) is 4.68 Å². The lowest BCUT2D eigenvalue weighted by Crippen LogP contribution is -2.15. The maximum absolute atomic E-state index is 13.4. The van der Waals surface area contributed by atoms with Gasteiger partial charge in [0.2, 0.25) is 5.95 Å². The fraction of sp³-hybridized carbons (Fsp3) is 0.385. The molecule has 0 unspecified atom stereocenters. The molecule has 0 saturated carbocycles. The third-order valence-electron chi connectivity index (χ3n) is 2.65. The average molecular weight is 248 g/mol. The van der Waals surface area contributed by atoms with Gasteiger partial charge in [-0.2, -0.15) is 4.98 Å². The van der Waals surface area contributed by atoms with E-state index in [0.29, 0.717) is 11.4 Å². The monoisotopic (exact) mass is 248 g/mol. The molecule has 0 amide bonds. The molecule has 96 valence electrons. The van der Waals surface area contributed by atoms with Crippen molar-refractivity contribution in [2.24, 2.45) is 0 Å². The van der Waals surface area contributed by atoms with E-state index in [2.05, 4.69) is 10.1 Å². The molecule has 1 aromatic carbocycles. The van der Waals surface area contributed by atoms with E-state index < -0.39 is 0 Å². The van der Waals surface area contributed by atoms with Crippen molar-refractivity contribution in [1.82, 2.24) is 14.8 Å². The Morgan fingerprint density at radius 2 is 2.00 bits per heavy atom. The molecule has 5 heteroatoms. The molecule has 0 N–H and O–H groups in total. The number of nitrogens with zero attached hydrogens (tertiary/aromatic N) is 4. The quantitative estimate of drug-likeness (QED) is 0.836. The Labute approximate surface area is 106 Å². The maximum atomic E-state index is 13.4. The van der Waals surface area contributed by atoms with Crippen LogP contribution in [-0.2, 0) is 6.54 Å². The van der Waals surface area contributed by atoms with Crippen molar-refractivity contribution in [2.75, 3.05) is 19.0 Å². The summed E-state index contributed by atoms with van der Waals surface area (Å²) in [7, 11) is 3.83. The van der Waals surface area contributed by atoms with Gasteiger partial charge in [0.25, 0.3) is 0 Å². The lowest BCUT2D eigenvalue weighted by molar-refractivity contribution is 0.626. The van der Waals surface area contributed by atoms with Gasteiger partial charge in [0.15, 0.2) is 5.82 Å². The van der Waals surface area contributed by atoms with Gasteiger partial charge >= 0.3 is 0 Å². The molecular formula is C13H17FN4. The fourth-order valence-corrected chi connectivity index (χ4v) is 1.86. The van der Waals surface area contributed by atoms with E-state index in [4.69, 9.17) is 0 Å². The molecule has 0 aliphatic heterocycles. The number of rotatable bonds is 3.